The van der Waals surface area contributed by atoms with Crippen molar-refractivity contribution < 1.29 is 4.79 Å². The molecule has 0 saturated carbocycles. The molecule has 0 aliphatic carbocycles. The van der Waals surface area contributed by atoms with Crippen LogP contribution in [0.15, 0.2) is 18.2 Å². The second-order valence-corrected chi connectivity index (χ2v) is 3.93. The van der Waals surface area contributed by atoms with Crippen LogP contribution in [0.1, 0.15) is 6.92 Å². The molecular formula is C11H16ClN3O. The number of halogens is 1. The van der Waals surface area contributed by atoms with Crippen molar-refractivity contribution in [3.05, 3.63) is 23.2 Å². The van der Waals surface area contributed by atoms with Gasteiger partial charge >= 0.3 is 0 Å². The maximum Gasteiger partial charge on any atom is 0.241 e. The minimum absolute atomic E-state index is 0.0156. The van der Waals surface area contributed by atoms with Crippen LogP contribution in [0, 0.1) is 0 Å². The van der Waals surface area contributed by atoms with E-state index in [2.05, 4.69) is 5.32 Å². The zero-order chi connectivity index (χ0) is 12.1. The summed E-state index contributed by atoms with van der Waals surface area (Å²) in [5, 5.41) is 3.56. The lowest BCUT2D eigenvalue weighted by molar-refractivity contribution is -0.127. The largest absolute Gasteiger partial charge is 0.397 e. The summed E-state index contributed by atoms with van der Waals surface area (Å²) in [5.74, 6) is 0.0156. The molecule has 1 rings (SSSR count). The van der Waals surface area contributed by atoms with Crippen LogP contribution in [0.4, 0.5) is 11.4 Å². The highest BCUT2D eigenvalue weighted by Crippen LogP contribution is 2.22. The van der Waals surface area contributed by atoms with Crippen molar-refractivity contribution in [1.29, 1.82) is 0 Å². The van der Waals surface area contributed by atoms with Crippen molar-refractivity contribution in [2.45, 2.75) is 6.92 Å². The van der Waals surface area contributed by atoms with Crippen LogP contribution >= 0.6 is 11.6 Å². The van der Waals surface area contributed by atoms with E-state index >= 15 is 0 Å². The van der Waals surface area contributed by atoms with Crippen LogP contribution in [-0.2, 0) is 4.79 Å². The summed E-state index contributed by atoms with van der Waals surface area (Å²) in [5.41, 5.74) is 7.00. The fourth-order valence-corrected chi connectivity index (χ4v) is 1.34. The van der Waals surface area contributed by atoms with Crippen LogP contribution in [0.3, 0.4) is 0 Å². The van der Waals surface area contributed by atoms with E-state index in [1.54, 1.807) is 30.1 Å². The third-order valence-electron chi connectivity index (χ3n) is 2.35. The van der Waals surface area contributed by atoms with Gasteiger partial charge in [0.1, 0.15) is 0 Å². The standard InChI is InChI=1S/C11H16ClN3O/c1-3-15(2)11(16)7-14-10-6-8(12)4-5-9(10)13/h4-6,14H,3,7,13H2,1-2H3. The highest BCUT2D eigenvalue weighted by Gasteiger charge is 2.07. The van der Waals surface area contributed by atoms with Gasteiger partial charge in [0.05, 0.1) is 17.9 Å². The third kappa shape index (κ3) is 3.31. The van der Waals surface area contributed by atoms with Gasteiger partial charge in [-0.15, -0.1) is 0 Å². The molecule has 0 spiro atoms. The Kier molecular flexibility index (Phi) is 4.43. The Bertz CT molecular complexity index is 381. The Morgan fingerprint density at radius 2 is 2.25 bits per heavy atom. The van der Waals surface area contributed by atoms with E-state index < -0.39 is 0 Å². The van der Waals surface area contributed by atoms with E-state index in [-0.39, 0.29) is 12.5 Å². The number of nitrogens with one attached hydrogen (secondary N) is 1. The molecule has 1 aromatic rings. The van der Waals surface area contributed by atoms with Crippen LogP contribution in [0.5, 0.6) is 0 Å². The molecule has 0 atom stereocenters. The molecule has 0 bridgehead atoms. The summed E-state index contributed by atoms with van der Waals surface area (Å²) in [6.07, 6.45) is 0. The first kappa shape index (κ1) is 12.6. The maximum absolute atomic E-state index is 11.5. The van der Waals surface area contributed by atoms with E-state index in [0.717, 1.165) is 0 Å². The summed E-state index contributed by atoms with van der Waals surface area (Å²) in [7, 11) is 1.76. The topological polar surface area (TPSA) is 58.4 Å². The summed E-state index contributed by atoms with van der Waals surface area (Å²) in [4.78, 5) is 13.2. The number of nitrogens with zero attached hydrogens (tertiary/aromatic N) is 1. The molecule has 0 aromatic heterocycles. The number of nitrogen functional groups attached to an aromatic ring is 1. The molecule has 4 nitrogen and oxygen atoms in total. The second kappa shape index (κ2) is 5.61. The lowest BCUT2D eigenvalue weighted by atomic mass is 10.2. The minimum atomic E-state index is 0.0156. The number of anilines is 2. The van der Waals surface area contributed by atoms with Gasteiger partial charge in [-0.2, -0.15) is 0 Å². The lowest BCUT2D eigenvalue weighted by Gasteiger charge is -2.16. The van der Waals surface area contributed by atoms with E-state index in [0.29, 0.717) is 22.9 Å². The number of hydrogen-bond acceptors (Lipinski definition) is 3. The first-order valence-electron chi connectivity index (χ1n) is 5.07. The number of hydrogen-bond donors (Lipinski definition) is 2. The average Bonchev–Trinajstić information content (AvgIpc) is 2.28. The molecule has 0 heterocycles. The van der Waals surface area contributed by atoms with Crippen molar-refractivity contribution in [1.82, 2.24) is 4.90 Å². The zero-order valence-corrected chi connectivity index (χ0v) is 10.2. The first-order valence-corrected chi connectivity index (χ1v) is 5.45. The summed E-state index contributed by atoms with van der Waals surface area (Å²) in [6.45, 7) is 2.83. The van der Waals surface area contributed by atoms with Crippen LogP contribution in [0.25, 0.3) is 0 Å². The molecule has 0 fully saturated rings. The fraction of sp³-hybridized carbons (Fsp3) is 0.364. The number of carbonyl (C=O) groups excluding carboxylic acids is 1. The molecule has 1 amide bonds. The smallest absolute Gasteiger partial charge is 0.241 e. The van der Waals surface area contributed by atoms with E-state index in [9.17, 15) is 4.79 Å². The van der Waals surface area contributed by atoms with Gasteiger partial charge in [-0.3, -0.25) is 4.79 Å². The van der Waals surface area contributed by atoms with Gasteiger partial charge in [-0.1, -0.05) is 11.6 Å². The maximum atomic E-state index is 11.5. The number of benzene rings is 1. The predicted molar refractivity (Wildman–Crippen MR) is 67.7 cm³/mol. The summed E-state index contributed by atoms with van der Waals surface area (Å²) >= 11 is 5.83. The number of amides is 1. The molecular weight excluding hydrogens is 226 g/mol. The number of rotatable bonds is 4. The lowest BCUT2D eigenvalue weighted by Crippen LogP contribution is -2.32. The van der Waals surface area contributed by atoms with Gasteiger partial charge in [0.15, 0.2) is 0 Å². The Morgan fingerprint density at radius 3 is 2.88 bits per heavy atom. The van der Waals surface area contributed by atoms with Gasteiger partial charge in [-0.05, 0) is 25.1 Å². The van der Waals surface area contributed by atoms with Crippen molar-refractivity contribution in [3.8, 4) is 0 Å². The van der Waals surface area contributed by atoms with Gasteiger partial charge in [0.25, 0.3) is 0 Å². The fourth-order valence-electron chi connectivity index (χ4n) is 1.16. The molecule has 5 heteroatoms. The molecule has 1 aromatic carbocycles. The van der Waals surface area contributed by atoms with Gasteiger partial charge in [-0.25, -0.2) is 0 Å². The van der Waals surface area contributed by atoms with Crippen molar-refractivity contribution in [2.24, 2.45) is 0 Å². The molecule has 3 N–H and O–H groups in total. The van der Waals surface area contributed by atoms with Crippen molar-refractivity contribution in [2.75, 3.05) is 31.2 Å². The van der Waals surface area contributed by atoms with E-state index in [1.807, 2.05) is 6.92 Å². The van der Waals surface area contributed by atoms with Gasteiger partial charge in [0, 0.05) is 18.6 Å². The molecule has 0 unspecified atom stereocenters. The second-order valence-electron chi connectivity index (χ2n) is 3.49. The number of nitrogens with two attached hydrogens (primary N) is 1. The van der Waals surface area contributed by atoms with Crippen molar-refractivity contribution in [3.63, 3.8) is 0 Å². The predicted octanol–water partition coefficient (Wildman–Crippen LogP) is 1.81. The Labute approximate surface area is 100 Å². The summed E-state index contributed by atoms with van der Waals surface area (Å²) in [6, 6.07) is 5.12. The van der Waals surface area contributed by atoms with Gasteiger partial charge < -0.3 is 16.0 Å². The Hall–Kier alpha value is -1.42. The quantitative estimate of drug-likeness (QED) is 0.791. The molecule has 0 aliphatic rings. The third-order valence-corrected chi connectivity index (χ3v) is 2.58. The van der Waals surface area contributed by atoms with Crippen LogP contribution < -0.4 is 11.1 Å². The zero-order valence-electron chi connectivity index (χ0n) is 9.46. The van der Waals surface area contributed by atoms with E-state index in [4.69, 9.17) is 17.3 Å². The Balaban J connectivity index is 2.61. The first-order chi connectivity index (χ1) is 7.54. The van der Waals surface area contributed by atoms with Crippen LogP contribution in [0.2, 0.25) is 5.02 Å². The van der Waals surface area contributed by atoms with Crippen LogP contribution in [-0.4, -0.2) is 30.9 Å². The normalized spacial score (nSPS) is 9.94. The molecule has 16 heavy (non-hydrogen) atoms. The van der Waals surface area contributed by atoms with Crippen molar-refractivity contribution >= 4 is 28.9 Å². The molecule has 0 radical (unpaired) electrons. The number of carbonyl (C=O) groups is 1. The number of likely N-dealkylation sites (N-methyl/N-ethyl adjacent to an activating group) is 1. The monoisotopic (exact) mass is 241 g/mol. The molecule has 0 aliphatic heterocycles. The molecule has 0 saturated heterocycles. The SMILES string of the molecule is CCN(C)C(=O)CNc1cc(Cl)ccc1N. The molecule has 88 valence electrons. The highest BCUT2D eigenvalue weighted by atomic mass is 35.5. The van der Waals surface area contributed by atoms with Gasteiger partial charge in [0.2, 0.25) is 5.91 Å². The average molecular weight is 242 g/mol. The Morgan fingerprint density at radius 1 is 1.56 bits per heavy atom. The summed E-state index contributed by atoms with van der Waals surface area (Å²) < 4.78 is 0. The minimum Gasteiger partial charge on any atom is -0.397 e. The highest BCUT2D eigenvalue weighted by molar-refractivity contribution is 6.31. The van der Waals surface area contributed by atoms with E-state index in [1.165, 1.54) is 0 Å².